The van der Waals surface area contributed by atoms with Crippen LogP contribution in [0.1, 0.15) is 24.2 Å². The van der Waals surface area contributed by atoms with Gasteiger partial charge >= 0.3 is 0 Å². The molecule has 7 nitrogen and oxygen atoms in total. The van der Waals surface area contributed by atoms with Crippen molar-refractivity contribution in [2.24, 2.45) is 5.41 Å². The smallest absolute Gasteiger partial charge is 0.255 e. The van der Waals surface area contributed by atoms with Crippen LogP contribution in [-0.4, -0.2) is 39.7 Å². The molecule has 1 aliphatic heterocycles. The maximum Gasteiger partial charge on any atom is 0.255 e. The third kappa shape index (κ3) is 3.74. The van der Waals surface area contributed by atoms with Crippen LogP contribution in [0, 0.1) is 5.41 Å². The van der Waals surface area contributed by atoms with E-state index in [4.69, 9.17) is 14.2 Å². The van der Waals surface area contributed by atoms with E-state index in [1.54, 1.807) is 48.3 Å². The van der Waals surface area contributed by atoms with E-state index in [-0.39, 0.29) is 18.4 Å². The molecule has 0 radical (unpaired) electrons. The zero-order valence-corrected chi connectivity index (χ0v) is 16.7. The summed E-state index contributed by atoms with van der Waals surface area (Å²) < 4.78 is 16.3. The molecule has 2 aromatic carbocycles. The Labute approximate surface area is 164 Å². The Hall–Kier alpha value is -3.22. The van der Waals surface area contributed by atoms with E-state index in [1.165, 1.54) is 14.2 Å². The predicted molar refractivity (Wildman–Crippen MR) is 107 cm³/mol. The van der Waals surface area contributed by atoms with Crippen molar-refractivity contribution < 1.29 is 23.8 Å². The van der Waals surface area contributed by atoms with Crippen molar-refractivity contribution in [3.63, 3.8) is 0 Å². The molecule has 0 unspecified atom stereocenters. The van der Waals surface area contributed by atoms with E-state index < -0.39 is 5.41 Å². The predicted octanol–water partition coefficient (Wildman–Crippen LogP) is 3.34. The van der Waals surface area contributed by atoms with E-state index in [0.717, 1.165) is 0 Å². The molecule has 1 aliphatic rings. The molecule has 7 heteroatoms. The van der Waals surface area contributed by atoms with Crippen LogP contribution < -0.4 is 24.4 Å². The summed E-state index contributed by atoms with van der Waals surface area (Å²) in [5.74, 6) is 1.26. The molecule has 1 N–H and O–H groups in total. The lowest BCUT2D eigenvalue weighted by atomic mass is 9.93. The van der Waals surface area contributed by atoms with E-state index in [9.17, 15) is 9.59 Å². The van der Waals surface area contributed by atoms with Crippen LogP contribution in [0.3, 0.4) is 0 Å². The summed E-state index contributed by atoms with van der Waals surface area (Å²) in [6.07, 6.45) is 0. The lowest BCUT2D eigenvalue weighted by Gasteiger charge is -2.24. The normalized spacial score (nSPS) is 15.2. The van der Waals surface area contributed by atoms with Crippen molar-refractivity contribution in [3.05, 3.63) is 42.0 Å². The molecular formula is C21H24N2O5. The van der Waals surface area contributed by atoms with Crippen molar-refractivity contribution in [2.75, 3.05) is 38.1 Å². The molecule has 3 rings (SSSR count). The number of amides is 2. The number of rotatable bonds is 4. The Bertz CT molecular complexity index is 901. The van der Waals surface area contributed by atoms with Gasteiger partial charge in [-0.2, -0.15) is 0 Å². The fourth-order valence-corrected chi connectivity index (χ4v) is 3.01. The van der Waals surface area contributed by atoms with Crippen molar-refractivity contribution >= 4 is 23.2 Å². The van der Waals surface area contributed by atoms with Gasteiger partial charge in [0, 0.05) is 30.4 Å². The van der Waals surface area contributed by atoms with Crippen molar-refractivity contribution in [1.82, 2.24) is 0 Å². The fraction of sp³-hybridized carbons (Fsp3) is 0.333. The number of ether oxygens (including phenoxy) is 3. The van der Waals surface area contributed by atoms with Gasteiger partial charge in [-0.15, -0.1) is 0 Å². The van der Waals surface area contributed by atoms with Gasteiger partial charge < -0.3 is 24.4 Å². The van der Waals surface area contributed by atoms with Crippen LogP contribution in [0.15, 0.2) is 36.4 Å². The minimum Gasteiger partial charge on any atom is -0.497 e. The lowest BCUT2D eigenvalue weighted by Crippen LogP contribution is -2.39. The second kappa shape index (κ2) is 7.42. The van der Waals surface area contributed by atoms with E-state index in [0.29, 0.717) is 34.2 Å². The zero-order valence-electron chi connectivity index (χ0n) is 16.7. The third-order valence-electron chi connectivity index (χ3n) is 4.66. The second-order valence-electron chi connectivity index (χ2n) is 7.27. The summed E-state index contributed by atoms with van der Waals surface area (Å²) >= 11 is 0. The number of carbonyl (C=O) groups is 2. The van der Waals surface area contributed by atoms with Gasteiger partial charge in [0.2, 0.25) is 5.91 Å². The van der Waals surface area contributed by atoms with Crippen LogP contribution in [-0.2, 0) is 4.79 Å². The first-order chi connectivity index (χ1) is 13.2. The largest absolute Gasteiger partial charge is 0.497 e. The zero-order chi connectivity index (χ0) is 20.5. The maximum atomic E-state index is 12.7. The van der Waals surface area contributed by atoms with Gasteiger partial charge in [0.15, 0.2) is 0 Å². The SMILES string of the molecule is COc1cc(OC)cc(C(=O)Nc2ccc3c(c2)OCC(C)(C)C(=O)N3C)c1. The molecule has 0 spiro atoms. The average Bonchev–Trinajstić information content (AvgIpc) is 2.78. The van der Waals surface area contributed by atoms with Crippen LogP contribution in [0.2, 0.25) is 0 Å². The van der Waals surface area contributed by atoms with Crippen LogP contribution in [0.5, 0.6) is 17.2 Å². The van der Waals surface area contributed by atoms with Gasteiger partial charge in [-0.25, -0.2) is 0 Å². The minimum absolute atomic E-state index is 0.0217. The van der Waals surface area contributed by atoms with Gasteiger partial charge in [0.05, 0.1) is 25.3 Å². The van der Waals surface area contributed by atoms with Gasteiger partial charge in [0.1, 0.15) is 23.9 Å². The highest BCUT2D eigenvalue weighted by atomic mass is 16.5. The Morgan fingerprint density at radius 3 is 2.36 bits per heavy atom. The first kappa shape index (κ1) is 19.5. The molecule has 0 aromatic heterocycles. The fourth-order valence-electron chi connectivity index (χ4n) is 3.01. The van der Waals surface area contributed by atoms with Gasteiger partial charge in [-0.05, 0) is 38.1 Å². The lowest BCUT2D eigenvalue weighted by molar-refractivity contribution is -0.127. The number of methoxy groups -OCH3 is 2. The minimum atomic E-state index is -0.631. The Balaban J connectivity index is 1.86. The number of nitrogens with one attached hydrogen (secondary N) is 1. The molecule has 0 saturated heterocycles. The average molecular weight is 384 g/mol. The summed E-state index contributed by atoms with van der Waals surface area (Å²) in [5.41, 5.74) is 0.997. The Morgan fingerprint density at radius 2 is 1.75 bits per heavy atom. The van der Waals surface area contributed by atoms with E-state index >= 15 is 0 Å². The first-order valence-corrected chi connectivity index (χ1v) is 8.84. The highest BCUT2D eigenvalue weighted by molar-refractivity contribution is 6.05. The summed E-state index contributed by atoms with van der Waals surface area (Å²) in [6.45, 7) is 3.95. The summed E-state index contributed by atoms with van der Waals surface area (Å²) in [5, 5.41) is 2.84. The molecule has 0 bridgehead atoms. The van der Waals surface area contributed by atoms with Crippen LogP contribution >= 0.6 is 0 Å². The molecule has 1 heterocycles. The van der Waals surface area contributed by atoms with E-state index in [2.05, 4.69) is 5.32 Å². The topological polar surface area (TPSA) is 77.1 Å². The number of anilines is 2. The van der Waals surface area contributed by atoms with Gasteiger partial charge in [-0.3, -0.25) is 9.59 Å². The molecule has 2 aromatic rings. The van der Waals surface area contributed by atoms with Crippen molar-refractivity contribution in [1.29, 1.82) is 0 Å². The van der Waals surface area contributed by atoms with Crippen LogP contribution in [0.25, 0.3) is 0 Å². The number of carbonyl (C=O) groups excluding carboxylic acids is 2. The van der Waals surface area contributed by atoms with Crippen molar-refractivity contribution in [2.45, 2.75) is 13.8 Å². The number of hydrogen-bond acceptors (Lipinski definition) is 5. The summed E-state index contributed by atoms with van der Waals surface area (Å²) in [7, 11) is 4.78. The van der Waals surface area contributed by atoms with Gasteiger partial charge in [-0.1, -0.05) is 0 Å². The molecule has 0 saturated carbocycles. The molecule has 0 atom stereocenters. The standard InChI is InChI=1S/C21H24N2O5/c1-21(2)12-28-18-10-14(6-7-17(18)23(3)20(21)25)22-19(24)13-8-15(26-4)11-16(9-13)27-5/h6-11H,12H2,1-5H3,(H,22,24). The summed E-state index contributed by atoms with van der Waals surface area (Å²) in [6, 6.07) is 10.2. The summed E-state index contributed by atoms with van der Waals surface area (Å²) in [4.78, 5) is 26.8. The molecule has 0 aliphatic carbocycles. The molecule has 2 amide bonds. The van der Waals surface area contributed by atoms with Crippen LogP contribution in [0.4, 0.5) is 11.4 Å². The second-order valence-corrected chi connectivity index (χ2v) is 7.27. The number of fused-ring (bicyclic) bond motifs is 1. The maximum absolute atomic E-state index is 12.7. The van der Waals surface area contributed by atoms with Crippen molar-refractivity contribution in [3.8, 4) is 17.2 Å². The highest BCUT2D eigenvalue weighted by Gasteiger charge is 2.36. The number of nitrogens with zero attached hydrogens (tertiary/aromatic N) is 1. The molecule has 28 heavy (non-hydrogen) atoms. The Morgan fingerprint density at radius 1 is 1.11 bits per heavy atom. The molecule has 148 valence electrons. The van der Waals surface area contributed by atoms with E-state index in [1.807, 2.05) is 13.8 Å². The first-order valence-electron chi connectivity index (χ1n) is 8.84. The third-order valence-corrected chi connectivity index (χ3v) is 4.66. The van der Waals surface area contributed by atoms with Gasteiger partial charge in [0.25, 0.3) is 5.91 Å². The quantitative estimate of drug-likeness (QED) is 0.875. The molecule has 0 fully saturated rings. The number of hydrogen-bond donors (Lipinski definition) is 1. The Kier molecular flexibility index (Phi) is 5.18. The highest BCUT2D eigenvalue weighted by Crippen LogP contribution is 2.37. The molecular weight excluding hydrogens is 360 g/mol. The number of benzene rings is 2. The monoisotopic (exact) mass is 384 g/mol.